The van der Waals surface area contributed by atoms with Gasteiger partial charge in [-0.1, -0.05) is 6.92 Å². The Kier molecular flexibility index (Phi) is 5.61. The quantitative estimate of drug-likeness (QED) is 0.775. The number of aryl methyl sites for hydroxylation is 1. The minimum Gasteiger partial charge on any atom is -0.299 e. The molecule has 25 heavy (non-hydrogen) atoms. The van der Waals surface area contributed by atoms with Crippen molar-refractivity contribution in [2.45, 2.75) is 37.4 Å². The third-order valence-electron chi connectivity index (χ3n) is 3.47. The molecular formula is C15H16F3N3O3S. The number of alkyl halides is 3. The van der Waals surface area contributed by atoms with Crippen molar-refractivity contribution < 1.29 is 21.6 Å². The summed E-state index contributed by atoms with van der Waals surface area (Å²) in [4.78, 5) is 20.0. The maximum absolute atomic E-state index is 12.2. The summed E-state index contributed by atoms with van der Waals surface area (Å²) in [5.41, 5.74) is -0.466. The van der Waals surface area contributed by atoms with Gasteiger partial charge in [0, 0.05) is 25.2 Å². The molecule has 0 aliphatic heterocycles. The van der Waals surface area contributed by atoms with E-state index in [4.69, 9.17) is 0 Å². The summed E-state index contributed by atoms with van der Waals surface area (Å²) in [5, 5.41) is 0. The molecule has 0 aliphatic carbocycles. The molecule has 6 nitrogen and oxygen atoms in total. The topological polar surface area (TPSA) is 81.9 Å². The summed E-state index contributed by atoms with van der Waals surface area (Å²) in [6, 6.07) is 3.91. The van der Waals surface area contributed by atoms with E-state index in [1.54, 1.807) is 0 Å². The van der Waals surface area contributed by atoms with Crippen LogP contribution in [0.15, 0.2) is 40.4 Å². The Balaban J connectivity index is 2.32. The second kappa shape index (κ2) is 7.34. The van der Waals surface area contributed by atoms with Crippen molar-refractivity contribution in [3.8, 4) is 11.4 Å². The zero-order valence-corrected chi connectivity index (χ0v) is 14.1. The zero-order chi connectivity index (χ0) is 18.7. The van der Waals surface area contributed by atoms with Crippen LogP contribution in [0.4, 0.5) is 13.2 Å². The molecule has 0 atom stereocenters. The average molecular weight is 375 g/mol. The predicted molar refractivity (Wildman–Crippen MR) is 84.7 cm³/mol. The van der Waals surface area contributed by atoms with Crippen LogP contribution in [0.2, 0.25) is 0 Å². The smallest absolute Gasteiger partial charge is 0.299 e. The molecule has 0 radical (unpaired) electrons. The molecule has 0 aliphatic rings. The van der Waals surface area contributed by atoms with Crippen LogP contribution in [-0.4, -0.2) is 34.9 Å². The number of hydrogen-bond donors (Lipinski definition) is 0. The van der Waals surface area contributed by atoms with Crippen molar-refractivity contribution >= 4 is 9.84 Å². The zero-order valence-electron chi connectivity index (χ0n) is 13.3. The average Bonchev–Trinajstić information content (AvgIpc) is 2.55. The van der Waals surface area contributed by atoms with Crippen LogP contribution in [0.3, 0.4) is 0 Å². The van der Waals surface area contributed by atoms with Gasteiger partial charge < -0.3 is 0 Å². The number of hydrogen-bond acceptors (Lipinski definition) is 5. The first-order valence-corrected chi connectivity index (χ1v) is 9.10. The molecule has 2 aromatic heterocycles. The van der Waals surface area contributed by atoms with Crippen molar-refractivity contribution in [2.75, 3.05) is 5.75 Å². The predicted octanol–water partition coefficient (Wildman–Crippen LogP) is 2.44. The highest BCUT2D eigenvalue weighted by Gasteiger charge is 2.26. The molecule has 0 saturated carbocycles. The van der Waals surface area contributed by atoms with Gasteiger partial charge in [-0.25, -0.2) is 13.4 Å². The lowest BCUT2D eigenvalue weighted by Gasteiger charge is -2.10. The fourth-order valence-electron chi connectivity index (χ4n) is 2.16. The molecule has 0 bridgehead atoms. The Hall–Kier alpha value is -2.23. The third kappa shape index (κ3) is 4.88. The van der Waals surface area contributed by atoms with E-state index in [-0.39, 0.29) is 35.0 Å². The van der Waals surface area contributed by atoms with E-state index in [0.717, 1.165) is 17.0 Å². The number of halogens is 3. The largest absolute Gasteiger partial charge is 0.389 e. The lowest BCUT2D eigenvalue weighted by Crippen LogP contribution is -2.21. The van der Waals surface area contributed by atoms with E-state index in [1.165, 1.54) is 25.3 Å². The number of pyridine rings is 1. The van der Waals surface area contributed by atoms with E-state index in [9.17, 15) is 26.4 Å². The molecule has 2 heterocycles. The first kappa shape index (κ1) is 19.1. The Labute approximate surface area is 142 Å². The normalized spacial score (nSPS) is 12.3. The summed E-state index contributed by atoms with van der Waals surface area (Å²) in [6.07, 6.45) is -3.05. The Morgan fingerprint density at radius 2 is 1.96 bits per heavy atom. The first-order valence-electron chi connectivity index (χ1n) is 7.45. The minimum absolute atomic E-state index is 0.0424. The van der Waals surface area contributed by atoms with Gasteiger partial charge in [-0.3, -0.25) is 14.3 Å². The molecule has 136 valence electrons. The monoisotopic (exact) mass is 375 g/mol. The van der Waals surface area contributed by atoms with Crippen LogP contribution in [0, 0.1) is 0 Å². The van der Waals surface area contributed by atoms with Gasteiger partial charge >= 0.3 is 6.18 Å². The molecule has 0 saturated heterocycles. The van der Waals surface area contributed by atoms with Gasteiger partial charge in [-0.15, -0.1) is 0 Å². The highest BCUT2D eigenvalue weighted by atomic mass is 32.2. The molecule has 2 aromatic rings. The molecule has 2 rings (SSSR count). The molecule has 0 unspecified atom stereocenters. The molecule has 10 heteroatoms. The van der Waals surface area contributed by atoms with Crippen LogP contribution in [0.1, 0.15) is 19.8 Å². The van der Waals surface area contributed by atoms with Crippen LogP contribution in [0.25, 0.3) is 11.4 Å². The third-order valence-corrected chi connectivity index (χ3v) is 5.23. The molecular weight excluding hydrogens is 359 g/mol. The second-order valence-corrected chi connectivity index (χ2v) is 7.52. The highest BCUT2D eigenvalue weighted by Crippen LogP contribution is 2.24. The van der Waals surface area contributed by atoms with Gasteiger partial charge in [0.1, 0.15) is 5.69 Å². The summed E-state index contributed by atoms with van der Waals surface area (Å²) in [5.74, 6) is -0.139. The fraction of sp³-hybridized carbons (Fsp3) is 0.400. The standard InChI is InChI=1S/C15H16F3N3O3S/c1-2-25(23,24)12-5-3-7-19-14(12)11-9-13(22)21(10-20-11)8-4-6-15(16,17)18/h3,5,7,9-10H,2,4,6,8H2,1H3. The summed E-state index contributed by atoms with van der Waals surface area (Å²) >= 11 is 0. The molecule has 0 amide bonds. The van der Waals surface area contributed by atoms with E-state index in [2.05, 4.69) is 9.97 Å². The molecule has 0 spiro atoms. The number of sulfone groups is 1. The second-order valence-electron chi connectivity index (χ2n) is 5.28. The molecule has 0 N–H and O–H groups in total. The van der Waals surface area contributed by atoms with Crippen LogP contribution in [-0.2, 0) is 16.4 Å². The van der Waals surface area contributed by atoms with Gasteiger partial charge in [0.25, 0.3) is 5.56 Å². The highest BCUT2D eigenvalue weighted by molar-refractivity contribution is 7.91. The van der Waals surface area contributed by atoms with Crippen LogP contribution in [0.5, 0.6) is 0 Å². The maximum atomic E-state index is 12.2. The van der Waals surface area contributed by atoms with Gasteiger partial charge in [0.15, 0.2) is 9.84 Å². The Morgan fingerprint density at radius 3 is 2.56 bits per heavy atom. The Bertz CT molecular complexity index is 908. The minimum atomic E-state index is -4.28. The van der Waals surface area contributed by atoms with Crippen molar-refractivity contribution in [1.82, 2.24) is 14.5 Å². The van der Waals surface area contributed by atoms with Crippen molar-refractivity contribution in [2.24, 2.45) is 0 Å². The van der Waals surface area contributed by atoms with Gasteiger partial charge in [0.2, 0.25) is 0 Å². The van der Waals surface area contributed by atoms with Crippen LogP contribution < -0.4 is 5.56 Å². The SMILES string of the molecule is CCS(=O)(=O)c1cccnc1-c1cc(=O)n(CCCC(F)(F)F)cn1. The van der Waals surface area contributed by atoms with E-state index in [1.807, 2.05) is 0 Å². The van der Waals surface area contributed by atoms with Crippen molar-refractivity contribution in [3.63, 3.8) is 0 Å². The lowest BCUT2D eigenvalue weighted by atomic mass is 10.2. The summed E-state index contributed by atoms with van der Waals surface area (Å²) < 4.78 is 61.8. The molecule has 0 aromatic carbocycles. The first-order chi connectivity index (χ1) is 11.6. The summed E-state index contributed by atoms with van der Waals surface area (Å²) in [7, 11) is -3.57. The van der Waals surface area contributed by atoms with Gasteiger partial charge in [0.05, 0.1) is 22.7 Å². The van der Waals surface area contributed by atoms with Gasteiger partial charge in [-0.2, -0.15) is 13.2 Å². The number of nitrogens with zero attached hydrogens (tertiary/aromatic N) is 3. The Morgan fingerprint density at radius 1 is 1.24 bits per heavy atom. The number of rotatable bonds is 6. The maximum Gasteiger partial charge on any atom is 0.389 e. The lowest BCUT2D eigenvalue weighted by molar-refractivity contribution is -0.135. The van der Waals surface area contributed by atoms with Crippen molar-refractivity contribution in [3.05, 3.63) is 41.1 Å². The molecule has 0 fully saturated rings. The van der Waals surface area contributed by atoms with Crippen molar-refractivity contribution in [1.29, 1.82) is 0 Å². The van der Waals surface area contributed by atoms with Crippen LogP contribution >= 0.6 is 0 Å². The van der Waals surface area contributed by atoms with E-state index in [0.29, 0.717) is 0 Å². The fourth-order valence-corrected chi connectivity index (χ4v) is 3.21. The summed E-state index contributed by atoms with van der Waals surface area (Å²) in [6.45, 7) is 1.35. The van der Waals surface area contributed by atoms with Gasteiger partial charge in [-0.05, 0) is 18.6 Å². The van der Waals surface area contributed by atoms with E-state index >= 15 is 0 Å². The van der Waals surface area contributed by atoms with E-state index < -0.39 is 28.0 Å². The number of aromatic nitrogens is 3.